The summed E-state index contributed by atoms with van der Waals surface area (Å²) in [6.07, 6.45) is -3.23. The number of aliphatic hydroxyl groups excluding tert-OH is 1. The molecule has 0 spiro atoms. The number of fused-ring (bicyclic) bond motifs is 1. The predicted molar refractivity (Wildman–Crippen MR) is 75.5 cm³/mol. The van der Waals surface area contributed by atoms with Crippen molar-refractivity contribution in [2.75, 3.05) is 13.1 Å². The number of aryl methyl sites for hydroxylation is 1. The van der Waals surface area contributed by atoms with E-state index in [1.165, 1.54) is 0 Å². The minimum absolute atomic E-state index is 0.0535. The Morgan fingerprint density at radius 3 is 2.78 bits per heavy atom. The number of nitrogens with zero attached hydrogens (tertiary/aromatic N) is 2. The third kappa shape index (κ3) is 3.08. The number of amides is 1. The molecule has 3 rings (SSSR count). The van der Waals surface area contributed by atoms with Crippen LogP contribution < -0.4 is 0 Å². The van der Waals surface area contributed by atoms with E-state index in [-0.39, 0.29) is 23.8 Å². The zero-order chi connectivity index (χ0) is 16.8. The third-order valence-corrected chi connectivity index (χ3v) is 4.98. The quantitative estimate of drug-likeness (QED) is 0.868. The molecule has 8 heteroatoms. The van der Waals surface area contributed by atoms with Gasteiger partial charge in [0.25, 0.3) is 0 Å². The lowest BCUT2D eigenvalue weighted by Gasteiger charge is -2.27. The van der Waals surface area contributed by atoms with Crippen molar-refractivity contribution in [1.29, 1.82) is 0 Å². The number of carbonyl (C=O) groups excluding carboxylic acids is 1. The highest BCUT2D eigenvalue weighted by atomic mass is 19.4. The zero-order valence-corrected chi connectivity index (χ0v) is 12.9. The standard InChI is InChI=1S/C15H20F3N3O2/c1-8(22)10-4-5-21(7-10)14(23)9-2-3-12-11(6-9)13(20-19-12)15(16,17)18/h8-10,22H,2-7H2,1H3,(H,19,20). The van der Waals surface area contributed by atoms with E-state index in [1.54, 1.807) is 11.8 Å². The highest BCUT2D eigenvalue weighted by molar-refractivity contribution is 5.80. The lowest BCUT2D eigenvalue weighted by molar-refractivity contribution is -0.142. The van der Waals surface area contributed by atoms with Crippen molar-refractivity contribution >= 4 is 5.91 Å². The first-order valence-corrected chi connectivity index (χ1v) is 7.87. The first kappa shape index (κ1) is 16.3. The van der Waals surface area contributed by atoms with E-state index >= 15 is 0 Å². The van der Waals surface area contributed by atoms with Crippen LogP contribution in [0.2, 0.25) is 0 Å². The van der Waals surface area contributed by atoms with Crippen molar-refractivity contribution < 1.29 is 23.1 Å². The van der Waals surface area contributed by atoms with Gasteiger partial charge < -0.3 is 10.0 Å². The van der Waals surface area contributed by atoms with E-state index in [4.69, 9.17) is 0 Å². The summed E-state index contributed by atoms with van der Waals surface area (Å²) in [4.78, 5) is 14.3. The molecular weight excluding hydrogens is 311 g/mol. The van der Waals surface area contributed by atoms with Gasteiger partial charge in [0.15, 0.2) is 5.69 Å². The smallest absolute Gasteiger partial charge is 0.393 e. The topological polar surface area (TPSA) is 69.2 Å². The molecule has 1 aromatic heterocycles. The average Bonchev–Trinajstić information content (AvgIpc) is 3.12. The number of carbonyl (C=O) groups is 1. The Morgan fingerprint density at radius 2 is 2.17 bits per heavy atom. The highest BCUT2D eigenvalue weighted by Crippen LogP contribution is 2.37. The van der Waals surface area contributed by atoms with Crippen LogP contribution in [0.3, 0.4) is 0 Å². The van der Waals surface area contributed by atoms with Crippen LogP contribution in [0.1, 0.15) is 36.7 Å². The molecule has 1 aliphatic carbocycles. The fraction of sp³-hybridized carbons (Fsp3) is 0.733. The van der Waals surface area contributed by atoms with Crippen molar-refractivity contribution in [2.24, 2.45) is 11.8 Å². The number of alkyl halides is 3. The molecule has 3 unspecified atom stereocenters. The fourth-order valence-electron chi connectivity index (χ4n) is 3.58. The van der Waals surface area contributed by atoms with Gasteiger partial charge in [0.05, 0.1) is 6.10 Å². The number of aliphatic hydroxyl groups is 1. The van der Waals surface area contributed by atoms with Crippen LogP contribution in [-0.4, -0.2) is 45.3 Å². The predicted octanol–water partition coefficient (Wildman–Crippen LogP) is 1.76. The second-order valence-corrected chi connectivity index (χ2v) is 6.54. The van der Waals surface area contributed by atoms with Gasteiger partial charge in [-0.25, -0.2) is 0 Å². The summed E-state index contributed by atoms with van der Waals surface area (Å²) >= 11 is 0. The largest absolute Gasteiger partial charge is 0.435 e. The Labute approximate surface area is 131 Å². The minimum Gasteiger partial charge on any atom is -0.393 e. The first-order valence-electron chi connectivity index (χ1n) is 7.87. The van der Waals surface area contributed by atoms with Crippen molar-refractivity contribution in [3.05, 3.63) is 17.0 Å². The number of aromatic amines is 1. The van der Waals surface area contributed by atoms with Gasteiger partial charge in [-0.05, 0) is 32.6 Å². The van der Waals surface area contributed by atoms with Gasteiger partial charge in [-0.2, -0.15) is 18.3 Å². The molecule has 1 fully saturated rings. The average molecular weight is 331 g/mol. The van der Waals surface area contributed by atoms with E-state index in [0.717, 1.165) is 6.42 Å². The maximum Gasteiger partial charge on any atom is 0.435 e. The molecule has 0 saturated carbocycles. The van der Waals surface area contributed by atoms with E-state index in [2.05, 4.69) is 10.2 Å². The summed E-state index contributed by atoms with van der Waals surface area (Å²) in [5, 5.41) is 15.5. The van der Waals surface area contributed by atoms with E-state index in [0.29, 0.717) is 31.6 Å². The molecule has 5 nitrogen and oxygen atoms in total. The fourth-order valence-corrected chi connectivity index (χ4v) is 3.58. The number of aromatic nitrogens is 2. The van der Waals surface area contributed by atoms with E-state index < -0.39 is 23.9 Å². The summed E-state index contributed by atoms with van der Waals surface area (Å²) in [6, 6.07) is 0. The molecule has 2 N–H and O–H groups in total. The van der Waals surface area contributed by atoms with Gasteiger partial charge in [0.1, 0.15) is 0 Å². The number of H-pyrrole nitrogens is 1. The number of rotatable bonds is 2. The molecule has 23 heavy (non-hydrogen) atoms. The number of hydrogen-bond acceptors (Lipinski definition) is 3. The summed E-state index contributed by atoms with van der Waals surface area (Å²) in [7, 11) is 0. The number of nitrogens with one attached hydrogen (secondary N) is 1. The van der Waals surface area contributed by atoms with Crippen molar-refractivity contribution in [1.82, 2.24) is 15.1 Å². The molecule has 0 radical (unpaired) electrons. The van der Waals surface area contributed by atoms with Gasteiger partial charge in [0.2, 0.25) is 5.91 Å². The first-order chi connectivity index (χ1) is 10.8. The summed E-state index contributed by atoms with van der Waals surface area (Å²) in [5.74, 6) is -0.486. The Hall–Kier alpha value is -1.57. The highest BCUT2D eigenvalue weighted by Gasteiger charge is 2.41. The van der Waals surface area contributed by atoms with Crippen LogP contribution in [0.15, 0.2) is 0 Å². The lowest BCUT2D eigenvalue weighted by atomic mass is 9.85. The van der Waals surface area contributed by atoms with Crippen LogP contribution in [0, 0.1) is 11.8 Å². The zero-order valence-electron chi connectivity index (χ0n) is 12.9. The summed E-state index contributed by atoms with van der Waals surface area (Å²) in [5.41, 5.74) is -0.272. The second-order valence-electron chi connectivity index (χ2n) is 6.54. The van der Waals surface area contributed by atoms with Crippen LogP contribution in [-0.2, 0) is 23.8 Å². The molecule has 0 aromatic carbocycles. The van der Waals surface area contributed by atoms with Crippen LogP contribution in [0.5, 0.6) is 0 Å². The maximum atomic E-state index is 13.0. The molecule has 1 aliphatic heterocycles. The van der Waals surface area contributed by atoms with E-state index in [1.807, 2.05) is 0 Å². The van der Waals surface area contributed by atoms with Gasteiger partial charge in [-0.1, -0.05) is 0 Å². The van der Waals surface area contributed by atoms with Crippen LogP contribution in [0.25, 0.3) is 0 Å². The molecule has 1 aromatic rings. The van der Waals surface area contributed by atoms with Gasteiger partial charge >= 0.3 is 6.18 Å². The van der Waals surface area contributed by atoms with Crippen molar-refractivity contribution in [2.45, 2.75) is 44.9 Å². The third-order valence-electron chi connectivity index (χ3n) is 4.98. The number of likely N-dealkylation sites (tertiary alicyclic amines) is 1. The second kappa shape index (κ2) is 5.81. The number of hydrogen-bond donors (Lipinski definition) is 2. The van der Waals surface area contributed by atoms with Crippen LogP contribution in [0.4, 0.5) is 13.2 Å². The van der Waals surface area contributed by atoms with Crippen LogP contribution >= 0.6 is 0 Å². The Morgan fingerprint density at radius 1 is 1.43 bits per heavy atom. The normalized spacial score (nSPS) is 26.2. The van der Waals surface area contributed by atoms with Gasteiger partial charge in [-0.15, -0.1) is 0 Å². The molecule has 1 saturated heterocycles. The SMILES string of the molecule is CC(O)C1CCN(C(=O)C2CCc3[nH]nc(C(F)(F)F)c3C2)C1. The minimum atomic E-state index is -4.50. The molecule has 2 heterocycles. The molecular formula is C15H20F3N3O2. The summed E-state index contributed by atoms with van der Waals surface area (Å²) < 4.78 is 38.9. The van der Waals surface area contributed by atoms with Crippen molar-refractivity contribution in [3.8, 4) is 0 Å². The molecule has 2 aliphatic rings. The summed E-state index contributed by atoms with van der Waals surface area (Å²) in [6.45, 7) is 2.75. The maximum absolute atomic E-state index is 13.0. The number of halogens is 3. The van der Waals surface area contributed by atoms with E-state index in [9.17, 15) is 23.1 Å². The van der Waals surface area contributed by atoms with Crippen molar-refractivity contribution in [3.63, 3.8) is 0 Å². The van der Waals surface area contributed by atoms with Gasteiger partial charge in [0, 0.05) is 36.2 Å². The lowest BCUT2D eigenvalue weighted by Crippen LogP contribution is -2.37. The monoisotopic (exact) mass is 331 g/mol. The Kier molecular flexibility index (Phi) is 4.12. The molecule has 128 valence electrons. The molecule has 0 bridgehead atoms. The molecule has 3 atom stereocenters. The Bertz CT molecular complexity index is 597. The van der Waals surface area contributed by atoms with Gasteiger partial charge in [-0.3, -0.25) is 9.89 Å². The molecule has 1 amide bonds. The Balaban J connectivity index is 1.72.